The molecule has 200 valence electrons. The summed E-state index contributed by atoms with van der Waals surface area (Å²) in [5.74, 6) is 1.42. The first-order chi connectivity index (χ1) is 19.2. The highest BCUT2D eigenvalue weighted by Crippen LogP contribution is 2.38. The lowest BCUT2D eigenvalue weighted by atomic mass is 10.1. The van der Waals surface area contributed by atoms with Crippen LogP contribution in [0.4, 0.5) is 5.69 Å². The molecule has 1 saturated carbocycles. The first-order valence-electron chi connectivity index (χ1n) is 14.0. The van der Waals surface area contributed by atoms with E-state index < -0.39 is 0 Å². The van der Waals surface area contributed by atoms with Crippen LogP contribution in [0.2, 0.25) is 0 Å². The molecular formula is C31H34N6O2. The van der Waals surface area contributed by atoms with Crippen LogP contribution in [0.5, 0.6) is 5.75 Å². The second-order valence-electron chi connectivity index (χ2n) is 10.8. The molecule has 1 aliphatic carbocycles. The summed E-state index contributed by atoms with van der Waals surface area (Å²) in [5.41, 5.74) is 8.65. The summed E-state index contributed by atoms with van der Waals surface area (Å²) in [7, 11) is 1.60. The molecule has 2 aromatic heterocycles. The zero-order valence-electron chi connectivity index (χ0n) is 22.6. The van der Waals surface area contributed by atoms with Crippen molar-refractivity contribution in [2.45, 2.75) is 32.8 Å². The number of piperazine rings is 1. The van der Waals surface area contributed by atoms with Gasteiger partial charge in [-0.3, -0.25) is 14.5 Å². The third-order valence-electron chi connectivity index (χ3n) is 8.21. The normalized spacial score (nSPS) is 17.6. The molecule has 0 spiro atoms. The van der Waals surface area contributed by atoms with Crippen molar-refractivity contribution in [3.8, 4) is 11.4 Å². The Morgan fingerprint density at radius 2 is 1.85 bits per heavy atom. The number of oxime groups is 1. The molecule has 39 heavy (non-hydrogen) atoms. The van der Waals surface area contributed by atoms with E-state index in [0.29, 0.717) is 12.5 Å². The molecule has 0 radical (unpaired) electrons. The van der Waals surface area contributed by atoms with E-state index in [1.165, 1.54) is 16.6 Å². The summed E-state index contributed by atoms with van der Waals surface area (Å²) in [4.78, 5) is 19.7. The van der Waals surface area contributed by atoms with Crippen molar-refractivity contribution < 1.29 is 9.57 Å². The van der Waals surface area contributed by atoms with Crippen LogP contribution >= 0.6 is 0 Å². The van der Waals surface area contributed by atoms with Gasteiger partial charge in [-0.05, 0) is 62.1 Å². The van der Waals surface area contributed by atoms with E-state index in [9.17, 15) is 0 Å². The molecule has 0 N–H and O–H groups in total. The van der Waals surface area contributed by atoms with Crippen LogP contribution in [0.1, 0.15) is 35.5 Å². The maximum Gasteiger partial charge on any atom is 0.147 e. The van der Waals surface area contributed by atoms with Gasteiger partial charge in [0.2, 0.25) is 0 Å². The standard InChI is InChI=1S/C31H34N6O2/c1-21-9-12-24-25(33-21)6-4-7-26(24)36-17-15-35(16-18-36)14-13-23-5-3-8-27-31(23)39-19-28-30(32-20-37(27)28)29(34-38-2)22-10-11-22/h3-9,12,20,22H,10-11,13-19H2,1-2H3. The minimum atomic E-state index is 0.444. The van der Waals surface area contributed by atoms with E-state index in [1.54, 1.807) is 7.11 Å². The SMILES string of the molecule is CON=C(c1ncn2c1COc1c(CCN3CCN(c4cccc5nc(C)ccc45)CC3)cccc1-2)C1CC1. The number of para-hydroxylation sites is 1. The predicted octanol–water partition coefficient (Wildman–Crippen LogP) is 4.75. The number of aryl methyl sites for hydroxylation is 1. The summed E-state index contributed by atoms with van der Waals surface area (Å²) >= 11 is 0. The zero-order valence-corrected chi connectivity index (χ0v) is 22.6. The van der Waals surface area contributed by atoms with Gasteiger partial charge in [0.05, 0.1) is 16.9 Å². The fourth-order valence-corrected chi connectivity index (χ4v) is 5.97. The number of benzene rings is 2. The number of fused-ring (bicyclic) bond motifs is 4. The second kappa shape index (κ2) is 10.0. The number of pyridine rings is 1. The topological polar surface area (TPSA) is 68.0 Å². The summed E-state index contributed by atoms with van der Waals surface area (Å²) < 4.78 is 8.55. The van der Waals surface area contributed by atoms with Gasteiger partial charge in [0.15, 0.2) is 0 Å². The van der Waals surface area contributed by atoms with Crippen molar-refractivity contribution >= 4 is 22.3 Å². The predicted molar refractivity (Wildman–Crippen MR) is 153 cm³/mol. The summed E-state index contributed by atoms with van der Waals surface area (Å²) in [6.45, 7) is 7.68. The van der Waals surface area contributed by atoms with Crippen molar-refractivity contribution in [2.24, 2.45) is 11.1 Å². The van der Waals surface area contributed by atoms with Crippen molar-refractivity contribution in [3.05, 3.63) is 77.5 Å². The zero-order chi connectivity index (χ0) is 26.3. The van der Waals surface area contributed by atoms with Crippen LogP contribution in [0, 0.1) is 12.8 Å². The Balaban J connectivity index is 1.03. The van der Waals surface area contributed by atoms with Crippen LogP contribution in [-0.4, -0.2) is 65.0 Å². The van der Waals surface area contributed by atoms with E-state index >= 15 is 0 Å². The molecule has 2 aromatic carbocycles. The molecule has 1 saturated heterocycles. The van der Waals surface area contributed by atoms with Gasteiger partial charge in [0.1, 0.15) is 37.2 Å². The molecule has 0 bridgehead atoms. The molecule has 0 amide bonds. The van der Waals surface area contributed by atoms with E-state index in [2.05, 4.69) is 68.1 Å². The van der Waals surface area contributed by atoms with E-state index in [-0.39, 0.29) is 0 Å². The summed E-state index contributed by atoms with van der Waals surface area (Å²) in [6.07, 6.45) is 5.15. The monoisotopic (exact) mass is 522 g/mol. The first-order valence-corrected chi connectivity index (χ1v) is 14.0. The van der Waals surface area contributed by atoms with Crippen LogP contribution in [-0.2, 0) is 17.9 Å². The number of imidazole rings is 1. The molecule has 0 unspecified atom stereocenters. The fraction of sp³-hybridized carbons (Fsp3) is 0.387. The third-order valence-corrected chi connectivity index (χ3v) is 8.21. The lowest BCUT2D eigenvalue weighted by Crippen LogP contribution is -2.47. The van der Waals surface area contributed by atoms with E-state index in [4.69, 9.17) is 19.5 Å². The Kier molecular flexibility index (Phi) is 6.19. The van der Waals surface area contributed by atoms with Crippen LogP contribution in [0.3, 0.4) is 0 Å². The Morgan fingerprint density at radius 3 is 2.67 bits per heavy atom. The van der Waals surface area contributed by atoms with Gasteiger partial charge in [-0.2, -0.15) is 0 Å². The summed E-state index contributed by atoms with van der Waals surface area (Å²) in [5, 5.41) is 5.55. The number of ether oxygens (including phenoxy) is 1. The quantitative estimate of drug-likeness (QED) is 0.258. The smallest absolute Gasteiger partial charge is 0.147 e. The Bertz CT molecular complexity index is 1550. The molecule has 2 aliphatic heterocycles. The first kappa shape index (κ1) is 24.2. The van der Waals surface area contributed by atoms with Gasteiger partial charge in [0.25, 0.3) is 0 Å². The molecule has 4 aromatic rings. The minimum Gasteiger partial charge on any atom is -0.485 e. The molecule has 4 heterocycles. The molecule has 7 rings (SSSR count). The van der Waals surface area contributed by atoms with Crippen LogP contribution in [0.25, 0.3) is 16.6 Å². The number of nitrogens with zero attached hydrogens (tertiary/aromatic N) is 6. The summed E-state index contributed by atoms with van der Waals surface area (Å²) in [6, 6.07) is 17.2. The van der Waals surface area contributed by atoms with Crippen molar-refractivity contribution in [3.63, 3.8) is 0 Å². The maximum atomic E-state index is 6.38. The Labute approximate surface area is 228 Å². The van der Waals surface area contributed by atoms with Gasteiger partial charge in [-0.25, -0.2) is 4.98 Å². The van der Waals surface area contributed by atoms with Gasteiger partial charge >= 0.3 is 0 Å². The number of anilines is 1. The average molecular weight is 523 g/mol. The third kappa shape index (κ3) is 4.52. The van der Waals surface area contributed by atoms with Gasteiger partial charge in [-0.15, -0.1) is 0 Å². The molecule has 0 atom stereocenters. The maximum absolute atomic E-state index is 6.38. The van der Waals surface area contributed by atoms with Gasteiger partial charge < -0.3 is 14.5 Å². The Hall–Kier alpha value is -3.91. The van der Waals surface area contributed by atoms with Crippen LogP contribution in [0.15, 0.2) is 60.0 Å². The largest absolute Gasteiger partial charge is 0.485 e. The van der Waals surface area contributed by atoms with Crippen LogP contribution < -0.4 is 9.64 Å². The number of hydrogen-bond acceptors (Lipinski definition) is 7. The van der Waals surface area contributed by atoms with Crippen molar-refractivity contribution in [1.29, 1.82) is 0 Å². The Morgan fingerprint density at radius 1 is 1.03 bits per heavy atom. The molecule has 3 aliphatic rings. The molecule has 8 nitrogen and oxygen atoms in total. The van der Waals surface area contributed by atoms with Crippen molar-refractivity contribution in [1.82, 2.24) is 19.4 Å². The highest BCUT2D eigenvalue weighted by atomic mass is 16.6. The van der Waals surface area contributed by atoms with Gasteiger partial charge in [-0.1, -0.05) is 23.4 Å². The number of aromatic nitrogens is 3. The molecular weight excluding hydrogens is 488 g/mol. The van der Waals surface area contributed by atoms with E-state index in [0.717, 1.165) is 91.7 Å². The highest BCUT2D eigenvalue weighted by Gasteiger charge is 2.34. The van der Waals surface area contributed by atoms with Gasteiger partial charge in [0, 0.05) is 55.4 Å². The highest BCUT2D eigenvalue weighted by molar-refractivity contribution is 6.02. The fourth-order valence-electron chi connectivity index (χ4n) is 5.97. The second-order valence-corrected chi connectivity index (χ2v) is 10.8. The lowest BCUT2D eigenvalue weighted by molar-refractivity contribution is 0.212. The number of rotatable bonds is 7. The number of hydrogen-bond donors (Lipinski definition) is 0. The molecule has 2 fully saturated rings. The van der Waals surface area contributed by atoms with Crippen molar-refractivity contribution in [2.75, 3.05) is 44.7 Å². The van der Waals surface area contributed by atoms with E-state index in [1.807, 2.05) is 13.3 Å². The lowest BCUT2D eigenvalue weighted by Gasteiger charge is -2.36. The molecule has 8 heteroatoms. The average Bonchev–Trinajstić information content (AvgIpc) is 3.72. The minimum absolute atomic E-state index is 0.444.